The first-order valence-electron chi connectivity index (χ1n) is 9.84. The third-order valence-electron chi connectivity index (χ3n) is 5.68. The fourth-order valence-corrected chi connectivity index (χ4v) is 3.86. The Balaban J connectivity index is 0.00000225. The van der Waals surface area contributed by atoms with Crippen LogP contribution >= 0.6 is 0 Å². The molecule has 0 spiro atoms. The van der Waals surface area contributed by atoms with Gasteiger partial charge in [-0.25, -0.2) is 10.6 Å². The second-order valence-electron chi connectivity index (χ2n) is 7.30. The van der Waals surface area contributed by atoms with Gasteiger partial charge in [0, 0.05) is 103 Å². The van der Waals surface area contributed by atoms with Crippen LogP contribution in [0.1, 0.15) is 29.2 Å². The summed E-state index contributed by atoms with van der Waals surface area (Å²) in [5, 5.41) is 2.67. The molecule has 0 aliphatic carbocycles. The van der Waals surface area contributed by atoms with Crippen LogP contribution in [0, 0.1) is 26.8 Å². The van der Waals surface area contributed by atoms with Crippen LogP contribution in [-0.2, 0) is 71.8 Å². The van der Waals surface area contributed by atoms with Gasteiger partial charge in [-0.3, -0.25) is 5.43 Å². The van der Waals surface area contributed by atoms with Gasteiger partial charge in [-0.05, 0) is 24.3 Å². The number of hydrogen-bond acceptors (Lipinski definition) is 4. The number of piperazine rings is 1. The zero-order chi connectivity index (χ0) is 20.3. The molecule has 2 aromatic rings. The Morgan fingerprint density at radius 1 is 1.00 bits per heavy atom. The third-order valence-corrected chi connectivity index (χ3v) is 5.68. The number of carbonyl (C=O) groups excluding carboxylic acids is 1. The van der Waals surface area contributed by atoms with Crippen molar-refractivity contribution in [2.45, 2.75) is 34.1 Å². The largest absolute Gasteiger partial charge is 0.420 e. The Morgan fingerprint density at radius 2 is 1.57 bits per heavy atom. The summed E-state index contributed by atoms with van der Waals surface area (Å²) in [6.45, 7) is 12.7. The van der Waals surface area contributed by atoms with E-state index in [9.17, 15) is 4.79 Å². The Labute approximate surface area is 230 Å². The number of hydrogen-bond donors (Lipinski definition) is 3. The molecule has 0 atom stereocenters. The molecular formula is C22H30N5OY2-. The molecule has 8 heteroatoms. The number of anilines is 3. The second kappa shape index (κ2) is 12.5. The van der Waals surface area contributed by atoms with Crippen LogP contribution in [0.5, 0.6) is 0 Å². The summed E-state index contributed by atoms with van der Waals surface area (Å²) in [4.78, 5) is 16.2. The van der Waals surface area contributed by atoms with Crippen molar-refractivity contribution in [2.75, 3.05) is 41.3 Å². The number of hydrazine groups is 1. The zero-order valence-corrected chi connectivity index (χ0v) is 24.1. The molecular weight excluding hydrogens is 528 g/mol. The maximum Gasteiger partial charge on any atom is 0.333 e. The topological polar surface area (TPSA) is 73.6 Å². The molecule has 3 rings (SSSR count). The van der Waals surface area contributed by atoms with Crippen LogP contribution in [0.25, 0.3) is 0 Å². The maximum absolute atomic E-state index is 11.3. The zero-order valence-electron chi connectivity index (χ0n) is 18.4. The average Bonchev–Trinajstić information content (AvgIpc) is 2.72. The van der Waals surface area contributed by atoms with E-state index in [0.29, 0.717) is 0 Å². The van der Waals surface area contributed by atoms with Gasteiger partial charge in [-0.1, -0.05) is 39.8 Å². The van der Waals surface area contributed by atoms with E-state index >= 15 is 0 Å². The van der Waals surface area contributed by atoms with Gasteiger partial charge in [0.25, 0.3) is 0 Å². The van der Waals surface area contributed by atoms with Crippen molar-refractivity contribution in [3.8, 4) is 0 Å². The van der Waals surface area contributed by atoms with Crippen molar-refractivity contribution in [1.29, 1.82) is 0 Å². The molecule has 0 aromatic heterocycles. The summed E-state index contributed by atoms with van der Waals surface area (Å²) in [5.41, 5.74) is 10.6. The van der Waals surface area contributed by atoms with Crippen LogP contribution in [0.4, 0.5) is 21.9 Å². The van der Waals surface area contributed by atoms with Gasteiger partial charge in [-0.2, -0.15) is 17.2 Å². The SMILES string of the molecule is CCc1[c-]c(C)c(C)c(C)c1N1CCN(c2ccc(NC(=O)NN)cc2)CC1.[Y].[Y]. The fourth-order valence-electron chi connectivity index (χ4n) is 3.86. The minimum Gasteiger partial charge on any atom is -0.420 e. The summed E-state index contributed by atoms with van der Waals surface area (Å²) in [6, 6.07) is 11.0. The van der Waals surface area contributed by atoms with Gasteiger partial charge in [-0.15, -0.1) is 11.1 Å². The molecule has 156 valence electrons. The molecule has 6 nitrogen and oxygen atoms in total. The average molecular weight is 558 g/mol. The van der Waals surface area contributed by atoms with Crippen molar-refractivity contribution in [3.05, 3.63) is 52.6 Å². The molecule has 30 heavy (non-hydrogen) atoms. The molecule has 0 unspecified atom stereocenters. The van der Waals surface area contributed by atoms with E-state index in [1.165, 1.54) is 27.9 Å². The van der Waals surface area contributed by atoms with Crippen molar-refractivity contribution >= 4 is 23.1 Å². The molecule has 1 heterocycles. The van der Waals surface area contributed by atoms with Crippen LogP contribution in [-0.4, -0.2) is 32.2 Å². The smallest absolute Gasteiger partial charge is 0.333 e. The molecule has 1 saturated heterocycles. The van der Waals surface area contributed by atoms with Crippen molar-refractivity contribution in [1.82, 2.24) is 5.43 Å². The molecule has 1 aliphatic heterocycles. The Kier molecular flexibility index (Phi) is 11.5. The monoisotopic (exact) mass is 558 g/mol. The summed E-state index contributed by atoms with van der Waals surface area (Å²) in [5.74, 6) is 5.10. The maximum atomic E-state index is 11.3. The molecule has 1 fully saturated rings. The van der Waals surface area contributed by atoms with Crippen LogP contribution < -0.4 is 26.4 Å². The van der Waals surface area contributed by atoms with Crippen molar-refractivity contribution in [3.63, 3.8) is 0 Å². The molecule has 1 aliphatic rings. The third kappa shape index (κ3) is 6.26. The predicted molar refractivity (Wildman–Crippen MR) is 116 cm³/mol. The summed E-state index contributed by atoms with van der Waals surface area (Å²) in [7, 11) is 0. The first-order chi connectivity index (χ1) is 13.4. The van der Waals surface area contributed by atoms with E-state index in [0.717, 1.165) is 44.0 Å². The normalized spacial score (nSPS) is 13.2. The van der Waals surface area contributed by atoms with Gasteiger partial charge in [0.15, 0.2) is 0 Å². The van der Waals surface area contributed by atoms with Gasteiger partial charge < -0.3 is 15.1 Å². The molecule has 2 amide bonds. The summed E-state index contributed by atoms with van der Waals surface area (Å²) in [6.07, 6.45) is 1.00. The fraction of sp³-hybridized carbons (Fsp3) is 0.409. The van der Waals surface area contributed by atoms with E-state index in [2.05, 4.69) is 54.3 Å². The van der Waals surface area contributed by atoms with Gasteiger partial charge in [0.1, 0.15) is 0 Å². The van der Waals surface area contributed by atoms with Gasteiger partial charge in [0.2, 0.25) is 0 Å². The summed E-state index contributed by atoms with van der Waals surface area (Å²) < 4.78 is 0. The Morgan fingerprint density at radius 3 is 2.10 bits per heavy atom. The minimum absolute atomic E-state index is 0. The number of benzene rings is 2. The Hall–Kier alpha value is -0.522. The first-order valence-corrected chi connectivity index (χ1v) is 9.84. The molecule has 2 radical (unpaired) electrons. The molecule has 4 N–H and O–H groups in total. The van der Waals surface area contributed by atoms with Crippen LogP contribution in [0.3, 0.4) is 0 Å². The van der Waals surface area contributed by atoms with Gasteiger partial charge >= 0.3 is 6.03 Å². The van der Waals surface area contributed by atoms with E-state index in [1.807, 2.05) is 24.3 Å². The summed E-state index contributed by atoms with van der Waals surface area (Å²) >= 11 is 0. The second-order valence-corrected chi connectivity index (χ2v) is 7.30. The van der Waals surface area contributed by atoms with E-state index in [1.54, 1.807) is 0 Å². The molecule has 2 aromatic carbocycles. The quantitative estimate of drug-likeness (QED) is 0.233. The molecule has 0 saturated carbocycles. The van der Waals surface area contributed by atoms with Crippen LogP contribution in [0.15, 0.2) is 24.3 Å². The number of nitrogens with two attached hydrogens (primary N) is 1. The number of carbonyl (C=O) groups is 1. The number of urea groups is 1. The minimum atomic E-state index is -0.423. The Bertz CT molecular complexity index is 850. The number of nitrogens with one attached hydrogen (secondary N) is 2. The number of rotatable bonds is 4. The van der Waals surface area contributed by atoms with E-state index in [-0.39, 0.29) is 65.4 Å². The number of amides is 2. The van der Waals surface area contributed by atoms with Gasteiger partial charge in [0.05, 0.1) is 0 Å². The standard InChI is InChI=1S/C22H30N5O.2Y/c1-5-18-14-15(2)16(3)17(4)21(18)27-12-10-26(11-13-27)20-8-6-19(7-9-20)24-22(28)25-23;;/h6-9H,5,10-13,23H2,1-4H3,(H2,24,25,28);;/q-1;;. The first kappa shape index (κ1) is 27.5. The van der Waals surface area contributed by atoms with Crippen molar-refractivity contribution in [2.24, 2.45) is 5.84 Å². The number of aryl methyl sites for hydroxylation is 2. The van der Waals surface area contributed by atoms with Crippen LogP contribution in [0.2, 0.25) is 0 Å². The van der Waals surface area contributed by atoms with E-state index < -0.39 is 6.03 Å². The number of nitrogens with zero attached hydrogens (tertiary/aromatic N) is 2. The van der Waals surface area contributed by atoms with E-state index in [4.69, 9.17) is 5.84 Å². The van der Waals surface area contributed by atoms with Crippen molar-refractivity contribution < 1.29 is 70.2 Å². The predicted octanol–water partition coefficient (Wildman–Crippen LogP) is 3.29. The molecule has 0 bridgehead atoms.